The molecular weight excluding hydrogens is 212 g/mol. The van der Waals surface area contributed by atoms with Crippen LogP contribution in [0.3, 0.4) is 0 Å². The molecule has 2 N–H and O–H groups in total. The van der Waals surface area contributed by atoms with Gasteiger partial charge in [0.2, 0.25) is 5.91 Å². The minimum Gasteiger partial charge on any atom is -0.359 e. The summed E-state index contributed by atoms with van der Waals surface area (Å²) in [5.41, 5.74) is 1.32. The summed E-state index contributed by atoms with van der Waals surface area (Å²) in [6.45, 7) is 1.98. The molecule has 0 bridgehead atoms. The number of amides is 1. The number of carbonyl (C=O) groups is 1. The fourth-order valence-corrected chi connectivity index (χ4v) is 2.66. The van der Waals surface area contributed by atoms with Crippen molar-refractivity contribution in [3.8, 4) is 0 Å². The van der Waals surface area contributed by atoms with Gasteiger partial charge in [0.25, 0.3) is 0 Å². The molecule has 1 aliphatic rings. The molecule has 0 radical (unpaired) electrons. The van der Waals surface area contributed by atoms with Gasteiger partial charge in [-0.05, 0) is 31.5 Å². The average Bonchev–Trinajstić information content (AvgIpc) is 2.40. The fraction of sp³-hybridized carbons (Fsp3) is 0.500. The minimum absolute atomic E-state index is 0.0204. The lowest BCUT2D eigenvalue weighted by Gasteiger charge is -2.37. The van der Waals surface area contributed by atoms with E-state index in [1.807, 2.05) is 6.07 Å². The van der Waals surface area contributed by atoms with Gasteiger partial charge in [0.05, 0.1) is 0 Å². The summed E-state index contributed by atoms with van der Waals surface area (Å²) >= 11 is 0. The molecule has 0 unspecified atom stereocenters. The Bertz CT molecular complexity index is 369. The van der Waals surface area contributed by atoms with Crippen LogP contribution in [-0.2, 0) is 10.2 Å². The third kappa shape index (κ3) is 2.67. The van der Waals surface area contributed by atoms with Crippen LogP contribution in [0.1, 0.15) is 24.8 Å². The molecule has 3 heteroatoms. The lowest BCUT2D eigenvalue weighted by Crippen LogP contribution is -2.42. The quantitative estimate of drug-likeness (QED) is 0.828. The summed E-state index contributed by atoms with van der Waals surface area (Å²) in [5, 5.41) is 6.12. The minimum atomic E-state index is 0.0204. The van der Waals surface area contributed by atoms with E-state index in [0.717, 1.165) is 25.9 Å². The van der Waals surface area contributed by atoms with Crippen molar-refractivity contribution in [3.63, 3.8) is 0 Å². The zero-order valence-corrected chi connectivity index (χ0v) is 10.3. The van der Waals surface area contributed by atoms with E-state index in [2.05, 4.69) is 34.9 Å². The summed E-state index contributed by atoms with van der Waals surface area (Å²) in [6, 6.07) is 10.4. The second-order valence-corrected chi connectivity index (χ2v) is 4.75. The third-order valence-electron chi connectivity index (χ3n) is 3.72. The van der Waals surface area contributed by atoms with Gasteiger partial charge in [-0.2, -0.15) is 0 Å². The van der Waals surface area contributed by atoms with Gasteiger partial charge >= 0.3 is 0 Å². The van der Waals surface area contributed by atoms with E-state index in [-0.39, 0.29) is 11.3 Å². The number of hydrogen-bond acceptors (Lipinski definition) is 2. The number of hydrogen-bond donors (Lipinski definition) is 2. The van der Waals surface area contributed by atoms with Crippen LogP contribution in [0.2, 0.25) is 0 Å². The maximum atomic E-state index is 11.7. The van der Waals surface area contributed by atoms with E-state index in [9.17, 15) is 4.79 Å². The van der Waals surface area contributed by atoms with Crippen molar-refractivity contribution in [1.82, 2.24) is 10.6 Å². The maximum absolute atomic E-state index is 11.7. The van der Waals surface area contributed by atoms with Gasteiger partial charge in [-0.1, -0.05) is 30.3 Å². The Balaban J connectivity index is 2.26. The SMILES string of the molecule is CNC(=O)CC1(c2ccccc2)CCNCC1. The number of nitrogens with one attached hydrogen (secondary N) is 2. The summed E-state index contributed by atoms with van der Waals surface area (Å²) in [7, 11) is 1.71. The van der Waals surface area contributed by atoms with Crippen LogP contribution in [-0.4, -0.2) is 26.0 Å². The molecule has 92 valence electrons. The van der Waals surface area contributed by atoms with Gasteiger partial charge in [0, 0.05) is 18.9 Å². The van der Waals surface area contributed by atoms with Crippen LogP contribution in [0.15, 0.2) is 30.3 Å². The molecule has 0 spiro atoms. The fourth-order valence-electron chi connectivity index (χ4n) is 2.66. The molecule has 1 aromatic rings. The first kappa shape index (κ1) is 12.1. The highest BCUT2D eigenvalue weighted by Gasteiger charge is 2.35. The van der Waals surface area contributed by atoms with Gasteiger partial charge in [-0.3, -0.25) is 4.79 Å². The summed E-state index contributed by atoms with van der Waals surface area (Å²) < 4.78 is 0. The van der Waals surface area contributed by atoms with Gasteiger partial charge in [-0.15, -0.1) is 0 Å². The van der Waals surface area contributed by atoms with Crippen molar-refractivity contribution < 1.29 is 4.79 Å². The molecule has 1 heterocycles. The first-order valence-electron chi connectivity index (χ1n) is 6.24. The van der Waals surface area contributed by atoms with E-state index in [4.69, 9.17) is 0 Å². The first-order chi connectivity index (χ1) is 8.27. The van der Waals surface area contributed by atoms with Crippen LogP contribution >= 0.6 is 0 Å². The predicted octanol–water partition coefficient (Wildman–Crippen LogP) is 1.44. The molecule has 1 amide bonds. The summed E-state index contributed by atoms with van der Waals surface area (Å²) in [5.74, 6) is 0.135. The van der Waals surface area contributed by atoms with E-state index in [0.29, 0.717) is 6.42 Å². The normalized spacial score (nSPS) is 18.6. The first-order valence-corrected chi connectivity index (χ1v) is 6.24. The van der Waals surface area contributed by atoms with E-state index in [1.54, 1.807) is 7.05 Å². The van der Waals surface area contributed by atoms with Crippen molar-refractivity contribution in [2.24, 2.45) is 0 Å². The van der Waals surface area contributed by atoms with E-state index < -0.39 is 0 Å². The van der Waals surface area contributed by atoms with Crippen molar-refractivity contribution >= 4 is 5.91 Å². The molecule has 0 aromatic heterocycles. The lowest BCUT2D eigenvalue weighted by atomic mass is 9.70. The lowest BCUT2D eigenvalue weighted by molar-refractivity contribution is -0.122. The molecule has 17 heavy (non-hydrogen) atoms. The highest BCUT2D eigenvalue weighted by atomic mass is 16.1. The van der Waals surface area contributed by atoms with E-state index >= 15 is 0 Å². The summed E-state index contributed by atoms with van der Waals surface area (Å²) in [6.07, 6.45) is 2.66. The number of benzene rings is 1. The Morgan fingerprint density at radius 1 is 1.29 bits per heavy atom. The zero-order chi connectivity index (χ0) is 12.1. The summed E-state index contributed by atoms with van der Waals surface area (Å²) in [4.78, 5) is 11.7. The molecule has 1 aromatic carbocycles. The van der Waals surface area contributed by atoms with Crippen molar-refractivity contribution in [2.75, 3.05) is 20.1 Å². The molecule has 1 fully saturated rings. The maximum Gasteiger partial charge on any atom is 0.220 e. The van der Waals surface area contributed by atoms with E-state index in [1.165, 1.54) is 5.56 Å². The predicted molar refractivity (Wildman–Crippen MR) is 68.9 cm³/mol. The average molecular weight is 232 g/mol. The monoisotopic (exact) mass is 232 g/mol. The van der Waals surface area contributed by atoms with Crippen LogP contribution in [0, 0.1) is 0 Å². The molecule has 2 rings (SSSR count). The standard InChI is InChI=1S/C14H20N2O/c1-15-13(17)11-14(7-9-16-10-8-14)12-5-3-2-4-6-12/h2-6,16H,7-11H2,1H3,(H,15,17). The Hall–Kier alpha value is -1.35. The van der Waals surface area contributed by atoms with Gasteiger partial charge < -0.3 is 10.6 Å². The Morgan fingerprint density at radius 2 is 1.94 bits per heavy atom. The van der Waals surface area contributed by atoms with Gasteiger partial charge in [0.15, 0.2) is 0 Å². The topological polar surface area (TPSA) is 41.1 Å². The van der Waals surface area contributed by atoms with Crippen LogP contribution in [0.5, 0.6) is 0 Å². The molecule has 1 saturated heterocycles. The molecule has 3 nitrogen and oxygen atoms in total. The second-order valence-electron chi connectivity index (χ2n) is 4.75. The zero-order valence-electron chi connectivity index (χ0n) is 10.3. The molecular formula is C14H20N2O. The highest BCUT2D eigenvalue weighted by Crippen LogP contribution is 2.36. The largest absolute Gasteiger partial charge is 0.359 e. The van der Waals surface area contributed by atoms with Crippen LogP contribution in [0.4, 0.5) is 0 Å². The molecule has 0 aliphatic carbocycles. The Labute approximate surface area is 103 Å². The van der Waals surface area contributed by atoms with Crippen LogP contribution < -0.4 is 10.6 Å². The number of piperidine rings is 1. The molecule has 0 atom stereocenters. The highest BCUT2D eigenvalue weighted by molar-refractivity contribution is 5.77. The van der Waals surface area contributed by atoms with Gasteiger partial charge in [-0.25, -0.2) is 0 Å². The molecule has 1 aliphatic heterocycles. The van der Waals surface area contributed by atoms with Gasteiger partial charge in [0.1, 0.15) is 0 Å². The smallest absolute Gasteiger partial charge is 0.220 e. The van der Waals surface area contributed by atoms with Crippen molar-refractivity contribution in [1.29, 1.82) is 0 Å². The van der Waals surface area contributed by atoms with Crippen molar-refractivity contribution in [3.05, 3.63) is 35.9 Å². The van der Waals surface area contributed by atoms with Crippen molar-refractivity contribution in [2.45, 2.75) is 24.7 Å². The molecule has 0 saturated carbocycles. The number of carbonyl (C=O) groups excluding carboxylic acids is 1. The number of rotatable bonds is 3. The van der Waals surface area contributed by atoms with Crippen LogP contribution in [0.25, 0.3) is 0 Å². The second kappa shape index (κ2) is 5.32. The Kier molecular flexibility index (Phi) is 3.79. The third-order valence-corrected chi connectivity index (χ3v) is 3.72. The Morgan fingerprint density at radius 3 is 2.53 bits per heavy atom.